The summed E-state index contributed by atoms with van der Waals surface area (Å²) in [6.07, 6.45) is 0.529. The van der Waals surface area contributed by atoms with Crippen molar-refractivity contribution in [2.45, 2.75) is 18.4 Å². The van der Waals surface area contributed by atoms with Crippen LogP contribution in [0.1, 0.15) is 11.9 Å². The van der Waals surface area contributed by atoms with Crippen molar-refractivity contribution in [3.8, 4) is 11.3 Å². The molecule has 12 heteroatoms. The van der Waals surface area contributed by atoms with Gasteiger partial charge >= 0.3 is 6.09 Å². The Bertz CT molecular complexity index is 1270. The van der Waals surface area contributed by atoms with Gasteiger partial charge in [0.15, 0.2) is 0 Å². The summed E-state index contributed by atoms with van der Waals surface area (Å²) < 4.78 is 2.26. The summed E-state index contributed by atoms with van der Waals surface area (Å²) >= 11 is 15.2. The van der Waals surface area contributed by atoms with Crippen molar-refractivity contribution >= 4 is 68.7 Å². The summed E-state index contributed by atoms with van der Waals surface area (Å²) in [6.45, 7) is 2.58. The molecule has 0 aliphatic rings. The van der Waals surface area contributed by atoms with Crippen LogP contribution in [-0.2, 0) is 6.54 Å². The molecule has 0 spiro atoms. The minimum Gasteiger partial charge on any atom is -0.464 e. The largest absolute Gasteiger partial charge is 0.464 e. The van der Waals surface area contributed by atoms with E-state index in [1.54, 1.807) is 25.1 Å². The SMILES string of the molecule is CCN(Sc1ccc2sc(CNc3nncc(-c4c(Cl)cccc4Cl)n3)nc2c1)C(=O)O. The maximum Gasteiger partial charge on any atom is 0.417 e. The fourth-order valence-corrected chi connectivity index (χ4v) is 5.08. The van der Waals surface area contributed by atoms with Crippen LogP contribution in [0, 0.1) is 0 Å². The zero-order chi connectivity index (χ0) is 22.7. The van der Waals surface area contributed by atoms with Gasteiger partial charge in [-0.2, -0.15) is 5.10 Å². The van der Waals surface area contributed by atoms with E-state index < -0.39 is 6.09 Å². The number of amides is 1. The number of aromatic nitrogens is 4. The fourth-order valence-electron chi connectivity index (χ4n) is 2.85. The molecule has 0 fully saturated rings. The van der Waals surface area contributed by atoms with E-state index in [0.717, 1.165) is 20.1 Å². The summed E-state index contributed by atoms with van der Waals surface area (Å²) in [5, 5.41) is 22.1. The molecule has 0 unspecified atom stereocenters. The molecule has 0 bridgehead atoms. The van der Waals surface area contributed by atoms with E-state index in [9.17, 15) is 9.90 Å². The first-order valence-corrected chi connectivity index (χ1v) is 11.7. The first-order valence-electron chi connectivity index (χ1n) is 9.40. The number of rotatable bonds is 7. The van der Waals surface area contributed by atoms with E-state index in [1.807, 2.05) is 18.2 Å². The number of nitrogens with zero attached hydrogens (tertiary/aromatic N) is 5. The number of nitrogens with one attached hydrogen (secondary N) is 1. The average Bonchev–Trinajstić information content (AvgIpc) is 3.18. The van der Waals surface area contributed by atoms with Crippen LogP contribution in [0.3, 0.4) is 0 Å². The minimum absolute atomic E-state index is 0.328. The Kier molecular flexibility index (Phi) is 6.95. The number of carboxylic acid groups (broad SMARTS) is 1. The molecule has 2 aromatic heterocycles. The van der Waals surface area contributed by atoms with Gasteiger partial charge in [0.1, 0.15) is 5.01 Å². The first-order chi connectivity index (χ1) is 15.4. The van der Waals surface area contributed by atoms with Gasteiger partial charge < -0.3 is 10.4 Å². The van der Waals surface area contributed by atoms with Crippen LogP contribution >= 0.6 is 46.5 Å². The molecule has 164 valence electrons. The van der Waals surface area contributed by atoms with Gasteiger partial charge in [-0.05, 0) is 49.2 Å². The predicted octanol–water partition coefficient (Wildman–Crippen LogP) is 6.07. The topological polar surface area (TPSA) is 104 Å². The predicted molar refractivity (Wildman–Crippen MR) is 128 cm³/mol. The summed E-state index contributed by atoms with van der Waals surface area (Å²) in [5.74, 6) is 0.328. The van der Waals surface area contributed by atoms with Crippen LogP contribution < -0.4 is 5.32 Å². The van der Waals surface area contributed by atoms with Crippen molar-refractivity contribution in [1.29, 1.82) is 0 Å². The molecular weight excluding hydrogens is 491 g/mol. The summed E-state index contributed by atoms with van der Waals surface area (Å²) in [7, 11) is 0. The lowest BCUT2D eigenvalue weighted by Gasteiger charge is -2.14. The van der Waals surface area contributed by atoms with Crippen LogP contribution in [0.15, 0.2) is 47.5 Å². The second kappa shape index (κ2) is 9.86. The number of fused-ring (bicyclic) bond motifs is 1. The standard InChI is InChI=1S/C20H16Cl2N6O2S2/c1-2-28(20(29)30)32-11-6-7-16-14(8-11)25-17(31-16)10-23-19-26-15(9-24-27-19)18-12(21)4-3-5-13(18)22/h3-9H,2,10H2,1H3,(H,29,30)(H,23,26,27). The molecule has 2 aromatic carbocycles. The van der Waals surface area contributed by atoms with Gasteiger partial charge in [-0.3, -0.25) is 0 Å². The Balaban J connectivity index is 1.49. The molecule has 2 N–H and O–H groups in total. The quantitative estimate of drug-likeness (QED) is 0.290. The molecule has 0 saturated carbocycles. The van der Waals surface area contributed by atoms with E-state index in [4.69, 9.17) is 23.2 Å². The van der Waals surface area contributed by atoms with Gasteiger partial charge in [-0.15, -0.1) is 16.4 Å². The van der Waals surface area contributed by atoms with Crippen LogP contribution in [-0.4, -0.2) is 42.2 Å². The molecular formula is C20H16Cl2N6O2S2. The highest BCUT2D eigenvalue weighted by molar-refractivity contribution is 7.97. The molecule has 1 amide bonds. The number of benzene rings is 2. The molecule has 2 heterocycles. The van der Waals surface area contributed by atoms with Crippen molar-refractivity contribution in [2.75, 3.05) is 11.9 Å². The second-order valence-electron chi connectivity index (χ2n) is 6.42. The highest BCUT2D eigenvalue weighted by Gasteiger charge is 2.14. The highest BCUT2D eigenvalue weighted by Crippen LogP contribution is 2.33. The van der Waals surface area contributed by atoms with Crippen molar-refractivity contribution < 1.29 is 9.90 Å². The fraction of sp³-hybridized carbons (Fsp3) is 0.150. The Labute approximate surface area is 201 Å². The molecule has 4 aromatic rings. The molecule has 4 rings (SSSR count). The van der Waals surface area contributed by atoms with Gasteiger partial charge in [-0.25, -0.2) is 19.1 Å². The van der Waals surface area contributed by atoms with Crippen molar-refractivity contribution in [3.05, 3.63) is 57.6 Å². The van der Waals surface area contributed by atoms with Gasteiger partial charge in [-0.1, -0.05) is 29.3 Å². The van der Waals surface area contributed by atoms with Crippen LogP contribution in [0.2, 0.25) is 10.0 Å². The van der Waals surface area contributed by atoms with Crippen LogP contribution in [0.5, 0.6) is 0 Å². The van der Waals surface area contributed by atoms with Crippen molar-refractivity contribution in [3.63, 3.8) is 0 Å². The second-order valence-corrected chi connectivity index (χ2v) is 9.45. The normalized spacial score (nSPS) is 11.0. The summed E-state index contributed by atoms with van der Waals surface area (Å²) in [6, 6.07) is 10.9. The van der Waals surface area contributed by atoms with Crippen molar-refractivity contribution in [1.82, 2.24) is 24.5 Å². The monoisotopic (exact) mass is 506 g/mol. The first kappa shape index (κ1) is 22.5. The van der Waals surface area contributed by atoms with Crippen LogP contribution in [0.4, 0.5) is 10.7 Å². The molecule has 0 radical (unpaired) electrons. The summed E-state index contributed by atoms with van der Waals surface area (Å²) in [4.78, 5) is 21.1. The Morgan fingerprint density at radius 1 is 1.22 bits per heavy atom. The Hall–Kier alpha value is -2.66. The maximum atomic E-state index is 11.2. The highest BCUT2D eigenvalue weighted by atomic mass is 35.5. The van der Waals surface area contributed by atoms with E-state index >= 15 is 0 Å². The average molecular weight is 507 g/mol. The molecule has 0 aliphatic carbocycles. The van der Waals surface area contributed by atoms with E-state index in [1.165, 1.54) is 33.8 Å². The van der Waals surface area contributed by atoms with E-state index in [0.29, 0.717) is 40.3 Å². The third-order valence-electron chi connectivity index (χ3n) is 4.29. The third-order valence-corrected chi connectivity index (χ3v) is 7.06. The summed E-state index contributed by atoms with van der Waals surface area (Å²) in [5.41, 5.74) is 1.91. The zero-order valence-electron chi connectivity index (χ0n) is 16.6. The maximum absolute atomic E-state index is 11.2. The number of hydrogen-bond donors (Lipinski definition) is 2. The van der Waals surface area contributed by atoms with Gasteiger partial charge in [0.2, 0.25) is 5.95 Å². The van der Waals surface area contributed by atoms with E-state index in [2.05, 4.69) is 25.5 Å². The number of anilines is 1. The third kappa shape index (κ3) is 5.04. The lowest BCUT2D eigenvalue weighted by molar-refractivity contribution is 0.176. The molecule has 32 heavy (non-hydrogen) atoms. The van der Waals surface area contributed by atoms with E-state index in [-0.39, 0.29) is 0 Å². The van der Waals surface area contributed by atoms with Gasteiger partial charge in [0, 0.05) is 17.0 Å². The number of hydrogen-bond acceptors (Lipinski definition) is 8. The number of thiazole rings is 1. The van der Waals surface area contributed by atoms with Crippen molar-refractivity contribution in [2.24, 2.45) is 0 Å². The zero-order valence-corrected chi connectivity index (χ0v) is 19.8. The Morgan fingerprint density at radius 2 is 2.00 bits per heavy atom. The number of carbonyl (C=O) groups is 1. The minimum atomic E-state index is -0.977. The van der Waals surface area contributed by atoms with Crippen LogP contribution in [0.25, 0.3) is 21.5 Å². The number of halogens is 2. The lowest BCUT2D eigenvalue weighted by Crippen LogP contribution is -2.21. The smallest absolute Gasteiger partial charge is 0.417 e. The van der Waals surface area contributed by atoms with Gasteiger partial charge in [0.25, 0.3) is 0 Å². The van der Waals surface area contributed by atoms with Gasteiger partial charge in [0.05, 0.1) is 38.7 Å². The molecule has 0 saturated heterocycles. The molecule has 0 atom stereocenters. The molecule has 0 aliphatic heterocycles. The lowest BCUT2D eigenvalue weighted by atomic mass is 10.1. The Morgan fingerprint density at radius 3 is 2.72 bits per heavy atom. The molecule has 8 nitrogen and oxygen atoms in total.